The number of aromatic nitrogens is 1. The van der Waals surface area contributed by atoms with Crippen molar-refractivity contribution in [3.05, 3.63) is 66.3 Å². The molecule has 8 heteroatoms. The summed E-state index contributed by atoms with van der Waals surface area (Å²) in [5, 5.41) is 0. The number of benzene rings is 1. The lowest BCUT2D eigenvalue weighted by Gasteiger charge is -2.34. The third-order valence-electron chi connectivity index (χ3n) is 4.93. The highest BCUT2D eigenvalue weighted by Gasteiger charge is 2.25. The van der Waals surface area contributed by atoms with Gasteiger partial charge in [0, 0.05) is 39.0 Å². The van der Waals surface area contributed by atoms with Crippen LogP contribution >= 0.6 is 0 Å². The lowest BCUT2D eigenvalue weighted by molar-refractivity contribution is -0.132. The van der Waals surface area contributed by atoms with Crippen molar-refractivity contribution in [2.45, 2.75) is 12.8 Å². The normalized spacial score (nSPS) is 14.2. The molecular weight excluding hydrogens is 377 g/mol. The Labute approximate surface area is 166 Å². The monoisotopic (exact) mass is 397 g/mol. The first-order valence-electron chi connectivity index (χ1n) is 9.40. The highest BCUT2D eigenvalue weighted by molar-refractivity contribution is 5.94. The number of hydrogen-bond donors (Lipinski definition) is 0. The number of amides is 2. The molecule has 0 spiro atoms. The smallest absolute Gasteiger partial charge is 0.257 e. The molecule has 3 heterocycles. The number of halogens is 1. The zero-order valence-corrected chi connectivity index (χ0v) is 15.7. The van der Waals surface area contributed by atoms with Crippen LogP contribution in [0.3, 0.4) is 0 Å². The van der Waals surface area contributed by atoms with Crippen LogP contribution in [-0.4, -0.2) is 52.8 Å². The van der Waals surface area contributed by atoms with Crippen LogP contribution in [0.15, 0.2) is 57.9 Å². The number of piperazine rings is 1. The van der Waals surface area contributed by atoms with Crippen molar-refractivity contribution in [1.82, 2.24) is 14.8 Å². The molecule has 0 aliphatic carbocycles. The quantitative estimate of drug-likeness (QED) is 0.661. The van der Waals surface area contributed by atoms with E-state index in [1.54, 1.807) is 34.1 Å². The van der Waals surface area contributed by atoms with Crippen LogP contribution in [0.2, 0.25) is 0 Å². The number of oxazole rings is 1. The van der Waals surface area contributed by atoms with Crippen molar-refractivity contribution >= 4 is 11.8 Å². The average molecular weight is 397 g/mol. The zero-order valence-electron chi connectivity index (χ0n) is 15.7. The summed E-state index contributed by atoms with van der Waals surface area (Å²) in [6, 6.07) is 7.94. The minimum atomic E-state index is -0.380. The third kappa shape index (κ3) is 4.21. The standard InChI is InChI=1S/C21H20FN3O4/c22-17-4-2-1-3-16(17)18-13-23-19(29-18)5-6-20(26)24-8-10-25(11-9-24)21(27)15-7-12-28-14-15/h1-4,7,12-14H,5-6,8-11H2. The summed E-state index contributed by atoms with van der Waals surface area (Å²) in [5.41, 5.74) is 0.857. The first kappa shape index (κ1) is 18.9. The van der Waals surface area contributed by atoms with Crippen LogP contribution in [0.1, 0.15) is 22.7 Å². The molecule has 3 aromatic rings. The molecule has 29 heavy (non-hydrogen) atoms. The van der Waals surface area contributed by atoms with Gasteiger partial charge < -0.3 is 18.6 Å². The van der Waals surface area contributed by atoms with Gasteiger partial charge in [0.05, 0.1) is 23.6 Å². The molecule has 1 aliphatic rings. The predicted octanol–water partition coefficient (Wildman–Crippen LogP) is 2.99. The number of furan rings is 1. The van der Waals surface area contributed by atoms with Gasteiger partial charge in [-0.2, -0.15) is 0 Å². The number of aryl methyl sites for hydroxylation is 1. The Bertz CT molecular complexity index is 991. The second kappa shape index (κ2) is 8.30. The Hall–Kier alpha value is -3.42. The van der Waals surface area contributed by atoms with Crippen molar-refractivity contribution in [2.24, 2.45) is 0 Å². The van der Waals surface area contributed by atoms with Gasteiger partial charge in [0.2, 0.25) is 5.91 Å². The number of carbonyl (C=O) groups is 2. The Morgan fingerprint density at radius 2 is 1.83 bits per heavy atom. The van der Waals surface area contributed by atoms with Crippen LogP contribution in [0, 0.1) is 5.82 Å². The molecule has 1 saturated heterocycles. The van der Waals surface area contributed by atoms with E-state index in [4.69, 9.17) is 8.83 Å². The highest BCUT2D eigenvalue weighted by atomic mass is 19.1. The molecule has 0 radical (unpaired) electrons. The maximum Gasteiger partial charge on any atom is 0.257 e. The zero-order chi connectivity index (χ0) is 20.2. The predicted molar refractivity (Wildman–Crippen MR) is 101 cm³/mol. The SMILES string of the molecule is O=C(CCc1ncc(-c2ccccc2F)o1)N1CCN(C(=O)c2ccoc2)CC1. The Balaban J connectivity index is 1.28. The molecule has 0 unspecified atom stereocenters. The molecule has 150 valence electrons. The molecule has 1 aliphatic heterocycles. The van der Waals surface area contributed by atoms with Crippen molar-refractivity contribution in [3.8, 4) is 11.3 Å². The molecule has 2 aromatic heterocycles. The lowest BCUT2D eigenvalue weighted by atomic mass is 10.2. The van der Waals surface area contributed by atoms with E-state index in [1.807, 2.05) is 0 Å². The van der Waals surface area contributed by atoms with Gasteiger partial charge in [-0.25, -0.2) is 9.37 Å². The molecule has 0 saturated carbocycles. The summed E-state index contributed by atoms with van der Waals surface area (Å²) in [7, 11) is 0. The fourth-order valence-electron chi connectivity index (χ4n) is 3.31. The molecule has 0 bridgehead atoms. The van der Waals surface area contributed by atoms with E-state index in [9.17, 15) is 14.0 Å². The maximum absolute atomic E-state index is 13.8. The summed E-state index contributed by atoms with van der Waals surface area (Å²) in [4.78, 5) is 32.4. The number of carbonyl (C=O) groups excluding carboxylic acids is 2. The number of nitrogens with zero attached hydrogens (tertiary/aromatic N) is 3. The maximum atomic E-state index is 13.8. The van der Waals surface area contributed by atoms with Crippen LogP contribution in [0.5, 0.6) is 0 Å². The molecule has 4 rings (SSSR count). The topological polar surface area (TPSA) is 79.8 Å². The summed E-state index contributed by atoms with van der Waals surface area (Å²) in [6.45, 7) is 1.92. The second-order valence-corrected chi connectivity index (χ2v) is 6.78. The number of hydrogen-bond acceptors (Lipinski definition) is 5. The molecular formula is C21H20FN3O4. The van der Waals surface area contributed by atoms with Crippen LogP contribution in [0.4, 0.5) is 4.39 Å². The first-order chi connectivity index (χ1) is 14.1. The van der Waals surface area contributed by atoms with E-state index in [-0.39, 0.29) is 24.1 Å². The van der Waals surface area contributed by atoms with Crippen molar-refractivity contribution in [1.29, 1.82) is 0 Å². The molecule has 1 aromatic carbocycles. The van der Waals surface area contributed by atoms with Crippen LogP contribution < -0.4 is 0 Å². The van der Waals surface area contributed by atoms with Gasteiger partial charge in [0.25, 0.3) is 5.91 Å². The van der Waals surface area contributed by atoms with Gasteiger partial charge in [0.1, 0.15) is 12.1 Å². The van der Waals surface area contributed by atoms with Crippen molar-refractivity contribution in [3.63, 3.8) is 0 Å². The van der Waals surface area contributed by atoms with E-state index < -0.39 is 0 Å². The second-order valence-electron chi connectivity index (χ2n) is 6.78. The Kier molecular flexibility index (Phi) is 5.41. The van der Waals surface area contributed by atoms with E-state index in [0.29, 0.717) is 55.4 Å². The van der Waals surface area contributed by atoms with E-state index >= 15 is 0 Å². The van der Waals surface area contributed by atoms with Gasteiger partial charge in [0.15, 0.2) is 11.7 Å². The Morgan fingerprint density at radius 3 is 2.55 bits per heavy atom. The lowest BCUT2D eigenvalue weighted by Crippen LogP contribution is -2.50. The molecule has 2 amide bonds. The van der Waals surface area contributed by atoms with E-state index in [2.05, 4.69) is 4.98 Å². The molecule has 0 N–H and O–H groups in total. The fourth-order valence-corrected chi connectivity index (χ4v) is 3.31. The Morgan fingerprint density at radius 1 is 1.07 bits per heavy atom. The van der Waals surface area contributed by atoms with Gasteiger partial charge in [-0.3, -0.25) is 9.59 Å². The molecule has 7 nitrogen and oxygen atoms in total. The summed E-state index contributed by atoms with van der Waals surface area (Å²) >= 11 is 0. The van der Waals surface area contributed by atoms with Crippen LogP contribution in [0.25, 0.3) is 11.3 Å². The summed E-state index contributed by atoms with van der Waals surface area (Å²) in [6.07, 6.45) is 4.94. The highest BCUT2D eigenvalue weighted by Crippen LogP contribution is 2.23. The third-order valence-corrected chi connectivity index (χ3v) is 4.93. The van der Waals surface area contributed by atoms with E-state index in [0.717, 1.165) is 0 Å². The number of rotatable bonds is 5. The van der Waals surface area contributed by atoms with Gasteiger partial charge in [-0.15, -0.1) is 0 Å². The van der Waals surface area contributed by atoms with Gasteiger partial charge in [-0.05, 0) is 18.2 Å². The average Bonchev–Trinajstić information content (AvgIpc) is 3.44. The van der Waals surface area contributed by atoms with Gasteiger partial charge in [-0.1, -0.05) is 12.1 Å². The molecule has 1 fully saturated rings. The van der Waals surface area contributed by atoms with Crippen molar-refractivity contribution in [2.75, 3.05) is 26.2 Å². The minimum Gasteiger partial charge on any atom is -0.472 e. The van der Waals surface area contributed by atoms with Gasteiger partial charge >= 0.3 is 0 Å². The van der Waals surface area contributed by atoms with E-state index in [1.165, 1.54) is 24.8 Å². The summed E-state index contributed by atoms with van der Waals surface area (Å²) < 4.78 is 24.4. The fraction of sp³-hybridized carbons (Fsp3) is 0.286. The minimum absolute atomic E-state index is 0.0222. The first-order valence-corrected chi connectivity index (χ1v) is 9.40. The van der Waals surface area contributed by atoms with Crippen LogP contribution in [-0.2, 0) is 11.2 Å². The van der Waals surface area contributed by atoms with Crippen molar-refractivity contribution < 1.29 is 22.8 Å². The molecule has 0 atom stereocenters. The largest absolute Gasteiger partial charge is 0.472 e. The summed E-state index contributed by atoms with van der Waals surface area (Å²) in [5.74, 6) is 0.244.